The Labute approximate surface area is 179 Å². The molecule has 30 heavy (non-hydrogen) atoms. The van der Waals surface area contributed by atoms with Crippen molar-refractivity contribution in [1.29, 1.82) is 0 Å². The van der Waals surface area contributed by atoms with Crippen molar-refractivity contribution in [3.8, 4) is 5.75 Å². The molecule has 1 saturated heterocycles. The second-order valence-corrected chi connectivity index (χ2v) is 8.78. The van der Waals surface area contributed by atoms with Crippen LogP contribution in [-0.2, 0) is 11.3 Å². The molecule has 2 fully saturated rings. The van der Waals surface area contributed by atoms with Crippen molar-refractivity contribution in [1.82, 2.24) is 20.2 Å². The van der Waals surface area contributed by atoms with Gasteiger partial charge in [-0.15, -0.1) is 0 Å². The van der Waals surface area contributed by atoms with Crippen LogP contribution in [0.4, 0.5) is 0 Å². The van der Waals surface area contributed by atoms with Crippen LogP contribution in [0, 0.1) is 18.8 Å². The number of carbonyl (C=O) groups excluding carboxylic acids is 1. The smallest absolute Gasteiger partial charge is 0.224 e. The predicted molar refractivity (Wildman–Crippen MR) is 116 cm³/mol. The lowest BCUT2D eigenvalue weighted by molar-refractivity contribution is -0.128. The molecule has 2 aromatic rings. The zero-order valence-electron chi connectivity index (χ0n) is 17.8. The molecule has 6 heteroatoms. The zero-order chi connectivity index (χ0) is 20.8. The summed E-state index contributed by atoms with van der Waals surface area (Å²) in [5.74, 6) is 1.31. The highest BCUT2D eigenvalue weighted by Crippen LogP contribution is 2.26. The summed E-state index contributed by atoms with van der Waals surface area (Å²) in [7, 11) is 0. The molecular weight excluding hydrogens is 376 g/mol. The van der Waals surface area contributed by atoms with Gasteiger partial charge in [-0.05, 0) is 56.0 Å². The van der Waals surface area contributed by atoms with Gasteiger partial charge in [0.15, 0.2) is 0 Å². The molecule has 0 unspecified atom stereocenters. The summed E-state index contributed by atoms with van der Waals surface area (Å²) >= 11 is 0. The largest absolute Gasteiger partial charge is 0.492 e. The molecule has 1 amide bonds. The molecule has 0 radical (unpaired) electrons. The lowest BCUT2D eigenvalue weighted by Gasteiger charge is -2.37. The molecule has 160 valence electrons. The minimum Gasteiger partial charge on any atom is -0.492 e. The van der Waals surface area contributed by atoms with Crippen molar-refractivity contribution in [2.45, 2.75) is 51.6 Å². The van der Waals surface area contributed by atoms with Crippen LogP contribution in [0.15, 0.2) is 42.9 Å². The van der Waals surface area contributed by atoms with Crippen molar-refractivity contribution in [3.05, 3.63) is 54.1 Å². The second-order valence-electron chi connectivity index (χ2n) is 8.78. The maximum atomic E-state index is 13.0. The highest BCUT2D eigenvalue weighted by Gasteiger charge is 2.33. The van der Waals surface area contributed by atoms with Crippen molar-refractivity contribution in [3.63, 3.8) is 0 Å². The van der Waals surface area contributed by atoms with Crippen LogP contribution < -0.4 is 10.1 Å². The van der Waals surface area contributed by atoms with E-state index in [2.05, 4.69) is 20.2 Å². The van der Waals surface area contributed by atoms with Crippen molar-refractivity contribution >= 4 is 5.91 Å². The lowest BCUT2D eigenvalue weighted by Crippen LogP contribution is -2.48. The second kappa shape index (κ2) is 10.0. The van der Waals surface area contributed by atoms with E-state index in [0.29, 0.717) is 18.6 Å². The number of aromatic nitrogens is 2. The monoisotopic (exact) mass is 408 g/mol. The van der Waals surface area contributed by atoms with Crippen LogP contribution in [0.2, 0.25) is 0 Å². The average Bonchev–Trinajstić information content (AvgIpc) is 3.27. The van der Waals surface area contributed by atoms with E-state index in [-0.39, 0.29) is 11.8 Å². The Morgan fingerprint density at radius 1 is 1.17 bits per heavy atom. The van der Waals surface area contributed by atoms with Crippen LogP contribution in [0.3, 0.4) is 0 Å². The molecule has 6 nitrogen and oxygen atoms in total. The highest BCUT2D eigenvalue weighted by atomic mass is 16.5. The summed E-state index contributed by atoms with van der Waals surface area (Å²) in [5.41, 5.74) is 2.21. The fourth-order valence-corrected chi connectivity index (χ4v) is 4.63. The number of hydrogen-bond acceptors (Lipinski definition) is 5. The number of piperidine rings is 1. The van der Waals surface area contributed by atoms with Crippen molar-refractivity contribution < 1.29 is 9.53 Å². The van der Waals surface area contributed by atoms with Gasteiger partial charge in [0.1, 0.15) is 5.75 Å². The van der Waals surface area contributed by atoms with Crippen LogP contribution in [0.25, 0.3) is 0 Å². The number of ether oxygens (including phenoxy) is 1. The third-order valence-electron chi connectivity index (χ3n) is 6.21. The Morgan fingerprint density at radius 3 is 2.70 bits per heavy atom. The Balaban J connectivity index is 1.40. The lowest BCUT2D eigenvalue weighted by atomic mass is 9.88. The van der Waals surface area contributed by atoms with Gasteiger partial charge in [0.05, 0.1) is 18.7 Å². The summed E-state index contributed by atoms with van der Waals surface area (Å²) in [6.45, 7) is 5.12. The van der Waals surface area contributed by atoms with Gasteiger partial charge in [0.2, 0.25) is 5.91 Å². The molecule has 1 aliphatic carbocycles. The van der Waals surface area contributed by atoms with E-state index in [1.54, 1.807) is 6.20 Å². The molecule has 2 atom stereocenters. The van der Waals surface area contributed by atoms with E-state index >= 15 is 0 Å². The Morgan fingerprint density at radius 2 is 1.97 bits per heavy atom. The van der Waals surface area contributed by atoms with Gasteiger partial charge in [0.25, 0.3) is 0 Å². The number of nitrogens with one attached hydrogen (secondary N) is 1. The predicted octanol–water partition coefficient (Wildman–Crippen LogP) is 3.36. The number of nitrogens with zero attached hydrogens (tertiary/aromatic N) is 3. The Kier molecular flexibility index (Phi) is 6.95. The van der Waals surface area contributed by atoms with Crippen LogP contribution in [0.1, 0.15) is 43.4 Å². The molecule has 0 aromatic carbocycles. The van der Waals surface area contributed by atoms with E-state index in [9.17, 15) is 4.79 Å². The third kappa shape index (κ3) is 5.79. The third-order valence-corrected chi connectivity index (χ3v) is 6.21. The molecule has 1 saturated carbocycles. The first kappa shape index (κ1) is 20.8. The number of rotatable bonds is 7. The van der Waals surface area contributed by atoms with Gasteiger partial charge >= 0.3 is 0 Å². The van der Waals surface area contributed by atoms with Gasteiger partial charge in [0, 0.05) is 49.7 Å². The summed E-state index contributed by atoms with van der Waals surface area (Å²) in [6, 6.07) is 8.38. The number of pyridine rings is 2. The first-order valence-corrected chi connectivity index (χ1v) is 11.1. The van der Waals surface area contributed by atoms with Gasteiger partial charge in [-0.25, -0.2) is 0 Å². The molecule has 0 bridgehead atoms. The molecule has 1 N–H and O–H groups in total. The van der Waals surface area contributed by atoms with E-state index in [4.69, 9.17) is 4.74 Å². The maximum Gasteiger partial charge on any atom is 0.224 e. The molecule has 2 aromatic heterocycles. The van der Waals surface area contributed by atoms with Crippen molar-refractivity contribution in [2.24, 2.45) is 11.8 Å². The number of hydrogen-bond donors (Lipinski definition) is 1. The van der Waals surface area contributed by atoms with Crippen LogP contribution >= 0.6 is 0 Å². The van der Waals surface area contributed by atoms with Crippen molar-refractivity contribution in [2.75, 3.05) is 19.7 Å². The minimum absolute atomic E-state index is 0.00549. The fourth-order valence-electron chi connectivity index (χ4n) is 4.63. The van der Waals surface area contributed by atoms with E-state index < -0.39 is 0 Å². The SMILES string of the molecule is Cc1ccc(OC[C@H]2C[C@@H](C(=O)NC3CCCC3)CN(Cc3ccncc3)C2)cn1. The summed E-state index contributed by atoms with van der Waals surface area (Å²) in [6.07, 6.45) is 11.0. The Bertz CT molecular complexity index is 806. The molecular formula is C24H32N4O2. The van der Waals surface area contributed by atoms with E-state index in [1.165, 1.54) is 18.4 Å². The van der Waals surface area contributed by atoms with Gasteiger partial charge in [-0.3, -0.25) is 19.7 Å². The number of carbonyl (C=O) groups is 1. The molecule has 3 heterocycles. The van der Waals surface area contributed by atoms with E-state index in [0.717, 1.165) is 50.3 Å². The summed E-state index contributed by atoms with van der Waals surface area (Å²) in [4.78, 5) is 23.8. The van der Waals surface area contributed by atoms with Crippen LogP contribution in [0.5, 0.6) is 5.75 Å². The normalized spacial score (nSPS) is 22.7. The summed E-state index contributed by atoms with van der Waals surface area (Å²) in [5, 5.41) is 3.31. The first-order valence-electron chi connectivity index (χ1n) is 11.1. The fraction of sp³-hybridized carbons (Fsp3) is 0.542. The Hall–Kier alpha value is -2.47. The van der Waals surface area contributed by atoms with Gasteiger partial charge in [-0.2, -0.15) is 0 Å². The number of likely N-dealkylation sites (tertiary alicyclic amines) is 1. The highest BCUT2D eigenvalue weighted by molar-refractivity contribution is 5.79. The van der Waals surface area contributed by atoms with E-state index in [1.807, 2.05) is 43.6 Å². The quantitative estimate of drug-likeness (QED) is 0.761. The average molecular weight is 409 g/mol. The number of amides is 1. The summed E-state index contributed by atoms with van der Waals surface area (Å²) < 4.78 is 6.03. The molecule has 1 aliphatic heterocycles. The van der Waals surface area contributed by atoms with Gasteiger partial charge < -0.3 is 10.1 Å². The molecule has 4 rings (SSSR count). The number of aryl methyl sites for hydroxylation is 1. The maximum absolute atomic E-state index is 13.0. The standard InChI is InChI=1S/C24H32N4O2/c1-18-6-7-23(13-26-18)30-17-20-12-21(24(29)27-22-4-2-3-5-22)16-28(15-20)14-19-8-10-25-11-9-19/h6-11,13,20-22H,2-5,12,14-17H2,1H3,(H,27,29)/t20-,21+/m0/s1. The molecule has 0 spiro atoms. The van der Waals surface area contributed by atoms with Gasteiger partial charge in [-0.1, -0.05) is 12.8 Å². The zero-order valence-corrected chi connectivity index (χ0v) is 17.8. The van der Waals surface area contributed by atoms with Crippen LogP contribution in [-0.4, -0.2) is 46.5 Å². The first-order chi connectivity index (χ1) is 14.7. The topological polar surface area (TPSA) is 67.3 Å². The molecule has 2 aliphatic rings. The minimum atomic E-state index is 0.00549.